The van der Waals surface area contributed by atoms with Gasteiger partial charge in [-0.1, -0.05) is 0 Å². The number of furan rings is 1. The van der Waals surface area contributed by atoms with E-state index in [0.717, 1.165) is 0 Å². The van der Waals surface area contributed by atoms with Crippen LogP contribution < -0.4 is 0 Å². The second-order valence-corrected chi connectivity index (χ2v) is 1.77. The molecule has 0 bridgehead atoms. The van der Waals surface area contributed by atoms with E-state index in [0.29, 0.717) is 11.8 Å². The SMILES string of the molecule is [C-]#[N+]C(C=O)c1ccoc1. The molecule has 0 fully saturated rings. The highest BCUT2D eigenvalue weighted by Crippen LogP contribution is 2.14. The van der Waals surface area contributed by atoms with Gasteiger partial charge in [-0.15, -0.1) is 0 Å². The van der Waals surface area contributed by atoms with Crippen molar-refractivity contribution in [3.8, 4) is 0 Å². The molecule has 0 aliphatic rings. The highest BCUT2D eigenvalue weighted by molar-refractivity contribution is 5.63. The molecule has 3 heteroatoms. The highest BCUT2D eigenvalue weighted by Gasteiger charge is 2.14. The number of carbonyl (C=O) groups excluding carboxylic acids is 1. The second-order valence-electron chi connectivity index (χ2n) is 1.77. The molecule has 0 aromatic carbocycles. The van der Waals surface area contributed by atoms with Crippen LogP contribution in [-0.2, 0) is 4.79 Å². The summed E-state index contributed by atoms with van der Waals surface area (Å²) >= 11 is 0. The van der Waals surface area contributed by atoms with Crippen molar-refractivity contribution in [2.24, 2.45) is 0 Å². The van der Waals surface area contributed by atoms with Crippen LogP contribution in [-0.4, -0.2) is 6.29 Å². The van der Waals surface area contributed by atoms with Crippen molar-refractivity contribution in [3.05, 3.63) is 35.6 Å². The number of rotatable bonds is 2. The quantitative estimate of drug-likeness (QED) is 0.454. The minimum absolute atomic E-state index is 0.595. The standard InChI is InChI=1S/C7H5NO2/c1-8-7(4-9)6-2-3-10-5-6/h2-5,7H. The Morgan fingerprint density at radius 1 is 1.80 bits per heavy atom. The molecule has 1 atom stereocenters. The lowest BCUT2D eigenvalue weighted by atomic mass is 10.2. The smallest absolute Gasteiger partial charge is 0.306 e. The average Bonchev–Trinajstić information content (AvgIpc) is 2.43. The lowest BCUT2D eigenvalue weighted by molar-refractivity contribution is -0.108. The zero-order chi connectivity index (χ0) is 7.40. The fourth-order valence-electron chi connectivity index (χ4n) is 0.627. The van der Waals surface area contributed by atoms with Crippen molar-refractivity contribution in [1.29, 1.82) is 0 Å². The van der Waals surface area contributed by atoms with Crippen LogP contribution in [0.2, 0.25) is 0 Å². The molecule has 50 valence electrons. The van der Waals surface area contributed by atoms with Gasteiger partial charge in [0.25, 0.3) is 0 Å². The van der Waals surface area contributed by atoms with E-state index in [2.05, 4.69) is 4.85 Å². The van der Waals surface area contributed by atoms with Crippen LogP contribution in [0.25, 0.3) is 4.85 Å². The molecule has 1 heterocycles. The third-order valence-corrected chi connectivity index (χ3v) is 1.15. The van der Waals surface area contributed by atoms with E-state index in [-0.39, 0.29) is 0 Å². The Morgan fingerprint density at radius 3 is 3.00 bits per heavy atom. The predicted molar refractivity (Wildman–Crippen MR) is 34.1 cm³/mol. The van der Waals surface area contributed by atoms with E-state index < -0.39 is 6.04 Å². The summed E-state index contributed by atoms with van der Waals surface area (Å²) in [6.07, 6.45) is 3.44. The maximum absolute atomic E-state index is 10.2. The van der Waals surface area contributed by atoms with Crippen LogP contribution in [0.15, 0.2) is 23.0 Å². The molecule has 1 aromatic rings. The summed E-state index contributed by atoms with van der Waals surface area (Å²) in [4.78, 5) is 13.2. The summed E-state index contributed by atoms with van der Waals surface area (Å²) < 4.78 is 4.70. The first-order valence-electron chi connectivity index (χ1n) is 2.72. The van der Waals surface area contributed by atoms with Crippen LogP contribution >= 0.6 is 0 Å². The van der Waals surface area contributed by atoms with Crippen molar-refractivity contribution >= 4 is 6.29 Å². The molecule has 0 spiro atoms. The van der Waals surface area contributed by atoms with E-state index in [1.54, 1.807) is 6.07 Å². The molecule has 10 heavy (non-hydrogen) atoms. The molecule has 0 aliphatic carbocycles. The van der Waals surface area contributed by atoms with Crippen LogP contribution in [0.4, 0.5) is 0 Å². The lowest BCUT2D eigenvalue weighted by Gasteiger charge is -1.87. The molecule has 1 rings (SSSR count). The van der Waals surface area contributed by atoms with Gasteiger partial charge >= 0.3 is 6.04 Å². The number of aldehydes is 1. The zero-order valence-corrected chi connectivity index (χ0v) is 5.15. The molecule has 0 amide bonds. The van der Waals surface area contributed by atoms with Gasteiger partial charge in [-0.3, -0.25) is 4.79 Å². The third kappa shape index (κ3) is 1.06. The van der Waals surface area contributed by atoms with Crippen LogP contribution in [0.3, 0.4) is 0 Å². The predicted octanol–water partition coefficient (Wildman–Crippen LogP) is 1.44. The van der Waals surface area contributed by atoms with Crippen molar-refractivity contribution in [3.63, 3.8) is 0 Å². The third-order valence-electron chi connectivity index (χ3n) is 1.15. The molecule has 0 N–H and O–H groups in total. The molecular formula is C7H5NO2. The van der Waals surface area contributed by atoms with Crippen molar-refractivity contribution in [1.82, 2.24) is 0 Å². The van der Waals surface area contributed by atoms with Gasteiger partial charge in [-0.05, 0) is 6.07 Å². The van der Waals surface area contributed by atoms with E-state index >= 15 is 0 Å². The summed E-state index contributed by atoms with van der Waals surface area (Å²) in [6, 6.07) is 0.913. The van der Waals surface area contributed by atoms with E-state index in [1.807, 2.05) is 0 Å². The highest BCUT2D eigenvalue weighted by atomic mass is 16.3. The van der Waals surface area contributed by atoms with Crippen LogP contribution in [0.5, 0.6) is 0 Å². The summed E-state index contributed by atoms with van der Waals surface area (Å²) in [5.74, 6) is 0. The summed E-state index contributed by atoms with van der Waals surface area (Å²) in [7, 11) is 0. The molecule has 0 radical (unpaired) electrons. The molecule has 1 unspecified atom stereocenters. The molecule has 0 saturated heterocycles. The van der Waals surface area contributed by atoms with Crippen molar-refractivity contribution < 1.29 is 9.21 Å². The molecule has 0 aliphatic heterocycles. The average molecular weight is 135 g/mol. The van der Waals surface area contributed by atoms with Gasteiger partial charge in [0.15, 0.2) is 0 Å². The fraction of sp³-hybridized carbons (Fsp3) is 0.143. The van der Waals surface area contributed by atoms with E-state index in [1.165, 1.54) is 12.5 Å². The van der Waals surface area contributed by atoms with Gasteiger partial charge in [-0.25, -0.2) is 6.57 Å². The monoisotopic (exact) mass is 135 g/mol. The lowest BCUT2D eigenvalue weighted by Crippen LogP contribution is -1.90. The van der Waals surface area contributed by atoms with Gasteiger partial charge in [0.05, 0.1) is 11.8 Å². The Bertz CT molecular complexity index is 245. The maximum atomic E-state index is 10.2. The van der Waals surface area contributed by atoms with Gasteiger partial charge < -0.3 is 9.26 Å². The van der Waals surface area contributed by atoms with Gasteiger partial charge in [0.1, 0.15) is 6.26 Å². The molecule has 3 nitrogen and oxygen atoms in total. The van der Waals surface area contributed by atoms with Crippen LogP contribution in [0.1, 0.15) is 11.6 Å². The van der Waals surface area contributed by atoms with E-state index in [9.17, 15) is 4.79 Å². The Labute approximate surface area is 58.1 Å². The Morgan fingerprint density at radius 2 is 2.60 bits per heavy atom. The largest absolute Gasteiger partial charge is 0.472 e. The minimum atomic E-state index is -0.696. The van der Waals surface area contributed by atoms with Crippen molar-refractivity contribution in [2.75, 3.05) is 0 Å². The van der Waals surface area contributed by atoms with Crippen molar-refractivity contribution in [2.45, 2.75) is 6.04 Å². The Kier molecular flexibility index (Phi) is 1.86. The number of hydrogen-bond donors (Lipinski definition) is 0. The molecular weight excluding hydrogens is 130 g/mol. The topological polar surface area (TPSA) is 34.6 Å². The van der Waals surface area contributed by atoms with Gasteiger partial charge in [0, 0.05) is 0 Å². The Hall–Kier alpha value is -1.56. The summed E-state index contributed by atoms with van der Waals surface area (Å²) in [6.45, 7) is 6.59. The van der Waals surface area contributed by atoms with Crippen LogP contribution in [0, 0.1) is 6.57 Å². The first-order chi connectivity index (χ1) is 4.88. The summed E-state index contributed by atoms with van der Waals surface area (Å²) in [5.41, 5.74) is 0.616. The normalized spacial score (nSPS) is 11.9. The first kappa shape index (κ1) is 6.56. The Balaban J connectivity index is 2.86. The van der Waals surface area contributed by atoms with Gasteiger partial charge in [0.2, 0.25) is 6.29 Å². The molecule has 0 saturated carbocycles. The summed E-state index contributed by atoms with van der Waals surface area (Å²) in [5, 5.41) is 0. The number of carbonyl (C=O) groups is 1. The number of hydrogen-bond acceptors (Lipinski definition) is 2. The minimum Gasteiger partial charge on any atom is -0.472 e. The maximum Gasteiger partial charge on any atom is 0.306 e. The number of nitrogens with zero attached hydrogens (tertiary/aromatic N) is 1. The first-order valence-corrected chi connectivity index (χ1v) is 2.72. The molecule has 1 aromatic heterocycles. The zero-order valence-electron chi connectivity index (χ0n) is 5.15. The van der Waals surface area contributed by atoms with Gasteiger partial charge in [-0.2, -0.15) is 0 Å². The fourth-order valence-corrected chi connectivity index (χ4v) is 0.627. The van der Waals surface area contributed by atoms with E-state index in [4.69, 9.17) is 11.0 Å². The second kappa shape index (κ2) is 2.83.